The summed E-state index contributed by atoms with van der Waals surface area (Å²) in [6, 6.07) is 6.69. The van der Waals surface area contributed by atoms with Crippen molar-refractivity contribution in [1.82, 2.24) is 14.9 Å². The zero-order valence-corrected chi connectivity index (χ0v) is 14.7. The highest BCUT2D eigenvalue weighted by molar-refractivity contribution is 7.89. The van der Waals surface area contributed by atoms with Crippen LogP contribution >= 0.6 is 0 Å². The van der Waals surface area contributed by atoms with Crippen LogP contribution in [0.1, 0.15) is 12.5 Å². The van der Waals surface area contributed by atoms with Crippen molar-refractivity contribution in [3.8, 4) is 0 Å². The summed E-state index contributed by atoms with van der Waals surface area (Å²) < 4.78 is 26.9. The van der Waals surface area contributed by atoms with Gasteiger partial charge in [-0.3, -0.25) is 4.79 Å². The molecule has 0 saturated carbocycles. The van der Waals surface area contributed by atoms with Crippen molar-refractivity contribution in [3.05, 3.63) is 29.8 Å². The Hall–Kier alpha value is -1.44. The van der Waals surface area contributed by atoms with Gasteiger partial charge in [0.1, 0.15) is 0 Å². The molecule has 2 rings (SSSR count). The van der Waals surface area contributed by atoms with Gasteiger partial charge in [0.2, 0.25) is 15.9 Å². The van der Waals surface area contributed by atoms with Gasteiger partial charge < -0.3 is 10.2 Å². The first-order valence-corrected chi connectivity index (χ1v) is 9.31. The molecule has 0 aromatic heterocycles. The highest BCUT2D eigenvalue weighted by Gasteiger charge is 2.30. The molecule has 23 heavy (non-hydrogen) atoms. The van der Waals surface area contributed by atoms with E-state index in [1.165, 1.54) is 0 Å². The zero-order chi connectivity index (χ0) is 17.0. The number of carbonyl (C=O) groups is 1. The quantitative estimate of drug-likeness (QED) is 0.762. The summed E-state index contributed by atoms with van der Waals surface area (Å²) in [6.07, 6.45) is 0. The number of benzene rings is 1. The van der Waals surface area contributed by atoms with E-state index in [0.717, 1.165) is 18.7 Å². The predicted octanol–water partition coefficient (Wildman–Crippen LogP) is 0.587. The SMILES string of the molecule is Cc1ccc(S(=O)(=O)NCCN(C)C(=O)C(C)C2CNC2)cc1. The average Bonchev–Trinajstić information content (AvgIpc) is 2.44. The Morgan fingerprint density at radius 2 is 1.96 bits per heavy atom. The number of nitrogens with zero attached hydrogens (tertiary/aromatic N) is 1. The highest BCUT2D eigenvalue weighted by Crippen LogP contribution is 2.17. The van der Waals surface area contributed by atoms with Crippen LogP contribution in [0.5, 0.6) is 0 Å². The predicted molar refractivity (Wildman–Crippen MR) is 89.5 cm³/mol. The molecule has 6 nitrogen and oxygen atoms in total. The Bertz CT molecular complexity index is 639. The first-order chi connectivity index (χ1) is 10.8. The monoisotopic (exact) mass is 339 g/mol. The molecule has 1 unspecified atom stereocenters. The second-order valence-electron chi connectivity index (χ2n) is 6.18. The van der Waals surface area contributed by atoms with Gasteiger partial charge in [0.05, 0.1) is 4.90 Å². The minimum Gasteiger partial charge on any atom is -0.344 e. The van der Waals surface area contributed by atoms with Crippen LogP contribution in [0.4, 0.5) is 0 Å². The minimum atomic E-state index is -3.53. The fourth-order valence-electron chi connectivity index (χ4n) is 2.47. The second-order valence-corrected chi connectivity index (χ2v) is 7.94. The maximum Gasteiger partial charge on any atom is 0.240 e. The molecule has 0 bridgehead atoms. The third-order valence-electron chi connectivity index (χ3n) is 4.36. The van der Waals surface area contributed by atoms with E-state index in [1.54, 1.807) is 36.2 Å². The molecule has 0 aliphatic carbocycles. The van der Waals surface area contributed by atoms with Gasteiger partial charge in [-0.1, -0.05) is 24.6 Å². The zero-order valence-electron chi connectivity index (χ0n) is 13.9. The summed E-state index contributed by atoms with van der Waals surface area (Å²) in [6.45, 7) is 6.15. The van der Waals surface area contributed by atoms with Crippen LogP contribution in [0.15, 0.2) is 29.2 Å². The van der Waals surface area contributed by atoms with Crippen molar-refractivity contribution < 1.29 is 13.2 Å². The van der Waals surface area contributed by atoms with Crippen molar-refractivity contribution in [2.75, 3.05) is 33.2 Å². The van der Waals surface area contributed by atoms with Gasteiger partial charge in [0, 0.05) is 26.1 Å². The Morgan fingerprint density at radius 1 is 1.35 bits per heavy atom. The van der Waals surface area contributed by atoms with Gasteiger partial charge >= 0.3 is 0 Å². The number of amides is 1. The molecule has 1 atom stereocenters. The Labute approximate surface area is 138 Å². The topological polar surface area (TPSA) is 78.5 Å². The number of likely N-dealkylation sites (N-methyl/N-ethyl adjacent to an activating group) is 1. The molecule has 1 aromatic carbocycles. The summed E-state index contributed by atoms with van der Waals surface area (Å²) in [4.78, 5) is 14.1. The number of nitrogens with one attached hydrogen (secondary N) is 2. The van der Waals surface area contributed by atoms with E-state index in [2.05, 4.69) is 10.0 Å². The summed E-state index contributed by atoms with van der Waals surface area (Å²) in [5, 5.41) is 3.16. The lowest BCUT2D eigenvalue weighted by molar-refractivity contribution is -0.135. The van der Waals surface area contributed by atoms with Crippen molar-refractivity contribution in [2.45, 2.75) is 18.7 Å². The lowest BCUT2D eigenvalue weighted by Gasteiger charge is -2.34. The fraction of sp³-hybridized carbons (Fsp3) is 0.562. The maximum absolute atomic E-state index is 12.3. The van der Waals surface area contributed by atoms with Crippen molar-refractivity contribution in [2.24, 2.45) is 11.8 Å². The first kappa shape index (κ1) is 17.9. The van der Waals surface area contributed by atoms with Crippen LogP contribution in [-0.2, 0) is 14.8 Å². The summed E-state index contributed by atoms with van der Waals surface area (Å²) >= 11 is 0. The molecule has 1 aliphatic rings. The molecule has 1 amide bonds. The van der Waals surface area contributed by atoms with E-state index < -0.39 is 10.0 Å². The molecule has 1 heterocycles. The van der Waals surface area contributed by atoms with Crippen molar-refractivity contribution in [1.29, 1.82) is 0 Å². The van der Waals surface area contributed by atoms with E-state index in [0.29, 0.717) is 12.5 Å². The maximum atomic E-state index is 12.3. The highest BCUT2D eigenvalue weighted by atomic mass is 32.2. The van der Waals surface area contributed by atoms with Crippen molar-refractivity contribution in [3.63, 3.8) is 0 Å². The van der Waals surface area contributed by atoms with E-state index in [9.17, 15) is 13.2 Å². The molecule has 128 valence electrons. The third kappa shape index (κ3) is 4.53. The number of rotatable bonds is 7. The molecule has 0 spiro atoms. The molecule has 1 aromatic rings. The van der Waals surface area contributed by atoms with Gasteiger partial charge in [-0.2, -0.15) is 0 Å². The van der Waals surface area contributed by atoms with E-state index in [1.807, 2.05) is 13.8 Å². The van der Waals surface area contributed by atoms with Gasteiger partial charge in [-0.15, -0.1) is 0 Å². The summed E-state index contributed by atoms with van der Waals surface area (Å²) in [5.41, 5.74) is 1.01. The molecular formula is C16H25N3O3S. The van der Waals surface area contributed by atoms with Crippen LogP contribution in [-0.4, -0.2) is 52.5 Å². The molecule has 1 fully saturated rings. The van der Waals surface area contributed by atoms with Crippen LogP contribution in [0.2, 0.25) is 0 Å². The number of carbonyl (C=O) groups excluding carboxylic acids is 1. The van der Waals surface area contributed by atoms with Gasteiger partial charge in [-0.05, 0) is 38.1 Å². The van der Waals surface area contributed by atoms with Crippen LogP contribution in [0, 0.1) is 18.8 Å². The molecule has 1 aliphatic heterocycles. The first-order valence-electron chi connectivity index (χ1n) is 7.83. The van der Waals surface area contributed by atoms with E-state index in [4.69, 9.17) is 0 Å². The van der Waals surface area contributed by atoms with Gasteiger partial charge in [0.25, 0.3) is 0 Å². The van der Waals surface area contributed by atoms with Gasteiger partial charge in [-0.25, -0.2) is 13.1 Å². The summed E-state index contributed by atoms with van der Waals surface area (Å²) in [7, 11) is -1.81. The Morgan fingerprint density at radius 3 is 2.48 bits per heavy atom. The van der Waals surface area contributed by atoms with Crippen LogP contribution in [0.25, 0.3) is 0 Å². The fourth-order valence-corrected chi connectivity index (χ4v) is 3.49. The number of sulfonamides is 1. The molecule has 1 saturated heterocycles. The molecular weight excluding hydrogens is 314 g/mol. The number of hydrogen-bond donors (Lipinski definition) is 2. The number of hydrogen-bond acceptors (Lipinski definition) is 4. The molecule has 0 radical (unpaired) electrons. The van der Waals surface area contributed by atoms with E-state index in [-0.39, 0.29) is 23.3 Å². The second kappa shape index (κ2) is 7.42. The largest absolute Gasteiger partial charge is 0.344 e. The van der Waals surface area contributed by atoms with Crippen LogP contribution < -0.4 is 10.0 Å². The van der Waals surface area contributed by atoms with Gasteiger partial charge in [0.15, 0.2) is 0 Å². The molecule has 7 heteroatoms. The minimum absolute atomic E-state index is 0.0324. The third-order valence-corrected chi connectivity index (χ3v) is 5.83. The molecule has 2 N–H and O–H groups in total. The Balaban J connectivity index is 1.83. The lowest BCUT2D eigenvalue weighted by atomic mass is 9.88. The smallest absolute Gasteiger partial charge is 0.240 e. The average molecular weight is 339 g/mol. The van der Waals surface area contributed by atoms with E-state index >= 15 is 0 Å². The normalized spacial score (nSPS) is 16.7. The standard InChI is InChI=1S/C16H25N3O3S/c1-12-4-6-15(7-5-12)23(21,22)18-8-9-19(3)16(20)13(2)14-10-17-11-14/h4-7,13-14,17-18H,8-11H2,1-3H3. The Kier molecular flexibility index (Phi) is 5.78. The summed E-state index contributed by atoms with van der Waals surface area (Å²) in [5.74, 6) is 0.412. The lowest BCUT2D eigenvalue weighted by Crippen LogP contribution is -2.50. The van der Waals surface area contributed by atoms with Crippen molar-refractivity contribution >= 4 is 15.9 Å². The number of aryl methyl sites for hydroxylation is 1. The van der Waals surface area contributed by atoms with Crippen LogP contribution in [0.3, 0.4) is 0 Å².